The molecule has 0 saturated heterocycles. The monoisotopic (exact) mass is 199 g/mol. The molecule has 3 heteroatoms. The van der Waals surface area contributed by atoms with Crippen LogP contribution >= 0.6 is 15.9 Å². The Hall–Kier alpha value is 0.340. The Morgan fingerprint density at radius 1 is 1.33 bits per heavy atom. The zero-order valence-corrected chi connectivity index (χ0v) is 6.76. The van der Waals surface area contributed by atoms with Gasteiger partial charge in [0.1, 0.15) is 0 Å². The highest BCUT2D eigenvalue weighted by molar-refractivity contribution is 9.09. The van der Waals surface area contributed by atoms with Crippen LogP contribution < -0.4 is 0 Å². The Morgan fingerprint density at radius 3 is 2.22 bits per heavy atom. The van der Waals surface area contributed by atoms with Gasteiger partial charge in [-0.15, -0.1) is 0 Å². The first-order chi connectivity index (χ1) is 4.06. The average molecular weight is 200 g/mol. The normalized spacial score (nSPS) is 12.0. The number of unbranched alkanes of at least 4 members (excludes halogenated alkanes) is 2. The van der Waals surface area contributed by atoms with E-state index in [0.29, 0.717) is 6.42 Å². The summed E-state index contributed by atoms with van der Waals surface area (Å²) in [7, 11) is 0. The molecular formula is C6H10BrF2. The van der Waals surface area contributed by atoms with Gasteiger partial charge in [0.15, 0.2) is 0 Å². The third kappa shape index (κ3) is 8.34. The predicted octanol–water partition coefficient (Wildman–Crippen LogP) is 3.37. The van der Waals surface area contributed by atoms with Crippen LogP contribution in [0.3, 0.4) is 0 Å². The summed E-state index contributed by atoms with van der Waals surface area (Å²) in [6.45, 7) is 3.55. The van der Waals surface area contributed by atoms with Crippen molar-refractivity contribution in [1.82, 2.24) is 0 Å². The number of hydrogen-bond acceptors (Lipinski definition) is 0. The van der Waals surface area contributed by atoms with Crippen molar-refractivity contribution in [2.75, 3.05) is 0 Å². The van der Waals surface area contributed by atoms with Gasteiger partial charge >= 0.3 is 4.83 Å². The van der Waals surface area contributed by atoms with Crippen molar-refractivity contribution < 1.29 is 8.78 Å². The van der Waals surface area contributed by atoms with Gasteiger partial charge in [-0.1, -0.05) is 19.8 Å². The zero-order valence-electron chi connectivity index (χ0n) is 5.17. The van der Waals surface area contributed by atoms with Gasteiger partial charge in [-0.3, -0.25) is 0 Å². The molecule has 0 saturated carbocycles. The summed E-state index contributed by atoms with van der Waals surface area (Å²) in [6.07, 6.45) is 1.98. The Labute approximate surface area is 62.8 Å². The first-order valence-corrected chi connectivity index (χ1v) is 3.71. The van der Waals surface area contributed by atoms with Crippen LogP contribution in [0.15, 0.2) is 0 Å². The lowest BCUT2D eigenvalue weighted by molar-refractivity contribution is 0.101. The lowest BCUT2D eigenvalue weighted by Gasteiger charge is -2.05. The first kappa shape index (κ1) is 9.34. The highest BCUT2D eigenvalue weighted by atomic mass is 79.9. The standard InChI is InChI=1S/C6H10BrF2/c1-2-3-4-5-6(7,8)9/h1-5H2. The molecule has 55 valence electrons. The topological polar surface area (TPSA) is 0 Å². The number of rotatable bonds is 4. The molecule has 0 aliphatic rings. The van der Waals surface area contributed by atoms with E-state index < -0.39 is 4.83 Å². The zero-order chi connectivity index (χ0) is 7.33. The van der Waals surface area contributed by atoms with Crippen LogP contribution in [-0.4, -0.2) is 4.83 Å². The van der Waals surface area contributed by atoms with Gasteiger partial charge in [-0.25, -0.2) is 0 Å². The van der Waals surface area contributed by atoms with Gasteiger partial charge in [0.05, 0.1) is 0 Å². The molecule has 0 aromatic heterocycles. The van der Waals surface area contributed by atoms with E-state index in [0.717, 1.165) is 12.8 Å². The maximum atomic E-state index is 11.9. The van der Waals surface area contributed by atoms with Crippen LogP contribution in [-0.2, 0) is 0 Å². The van der Waals surface area contributed by atoms with Crippen molar-refractivity contribution in [3.63, 3.8) is 0 Å². The summed E-state index contributed by atoms with van der Waals surface area (Å²) in [6, 6.07) is 0. The maximum absolute atomic E-state index is 11.9. The molecule has 0 nitrogen and oxygen atoms in total. The third-order valence-electron chi connectivity index (χ3n) is 0.960. The predicted molar refractivity (Wildman–Crippen MR) is 37.7 cm³/mol. The van der Waals surface area contributed by atoms with Gasteiger partial charge in [0, 0.05) is 6.42 Å². The fourth-order valence-electron chi connectivity index (χ4n) is 0.502. The molecule has 0 rings (SSSR count). The van der Waals surface area contributed by atoms with E-state index in [4.69, 9.17) is 0 Å². The van der Waals surface area contributed by atoms with Crippen LogP contribution in [0.1, 0.15) is 25.7 Å². The van der Waals surface area contributed by atoms with Crippen molar-refractivity contribution in [1.29, 1.82) is 0 Å². The van der Waals surface area contributed by atoms with Crippen molar-refractivity contribution in [2.45, 2.75) is 30.5 Å². The molecule has 0 aliphatic carbocycles. The second-order valence-electron chi connectivity index (χ2n) is 1.93. The number of halogens is 3. The molecule has 0 bridgehead atoms. The highest BCUT2D eigenvalue weighted by Gasteiger charge is 2.21. The molecule has 0 aromatic carbocycles. The lowest BCUT2D eigenvalue weighted by atomic mass is 10.2. The van der Waals surface area contributed by atoms with E-state index in [1.54, 1.807) is 0 Å². The van der Waals surface area contributed by atoms with E-state index in [-0.39, 0.29) is 6.42 Å². The second kappa shape index (κ2) is 4.20. The van der Waals surface area contributed by atoms with E-state index in [1.807, 2.05) is 0 Å². The molecule has 0 heterocycles. The Kier molecular flexibility index (Phi) is 4.36. The van der Waals surface area contributed by atoms with Gasteiger partial charge in [0.2, 0.25) is 0 Å². The Morgan fingerprint density at radius 2 is 1.89 bits per heavy atom. The summed E-state index contributed by atoms with van der Waals surface area (Å²) in [5.41, 5.74) is 0. The van der Waals surface area contributed by atoms with E-state index in [2.05, 4.69) is 22.9 Å². The van der Waals surface area contributed by atoms with Crippen molar-refractivity contribution in [3.8, 4) is 0 Å². The van der Waals surface area contributed by atoms with E-state index >= 15 is 0 Å². The van der Waals surface area contributed by atoms with Gasteiger partial charge in [-0.2, -0.15) is 8.78 Å². The first-order valence-electron chi connectivity index (χ1n) is 2.92. The highest BCUT2D eigenvalue weighted by Crippen LogP contribution is 2.27. The van der Waals surface area contributed by atoms with Crippen molar-refractivity contribution >= 4 is 15.9 Å². The van der Waals surface area contributed by atoms with Crippen LogP contribution in [0.25, 0.3) is 0 Å². The van der Waals surface area contributed by atoms with E-state index in [9.17, 15) is 8.78 Å². The smallest absolute Gasteiger partial charge is 0.194 e. The quantitative estimate of drug-likeness (QED) is 0.482. The summed E-state index contributed by atoms with van der Waals surface area (Å²) >= 11 is 2.25. The van der Waals surface area contributed by atoms with Crippen LogP contribution in [0.5, 0.6) is 0 Å². The minimum atomic E-state index is -2.66. The molecule has 0 aliphatic heterocycles. The summed E-state index contributed by atoms with van der Waals surface area (Å²) in [4.78, 5) is -2.66. The summed E-state index contributed by atoms with van der Waals surface area (Å²) in [5.74, 6) is 0. The second-order valence-corrected chi connectivity index (χ2v) is 3.09. The number of alkyl halides is 3. The molecule has 1 radical (unpaired) electrons. The fourth-order valence-corrected chi connectivity index (χ4v) is 0.783. The molecule has 0 spiro atoms. The third-order valence-corrected chi connectivity index (χ3v) is 1.36. The summed E-state index contributed by atoms with van der Waals surface area (Å²) < 4.78 is 23.9. The van der Waals surface area contributed by atoms with Gasteiger partial charge in [0.25, 0.3) is 0 Å². The van der Waals surface area contributed by atoms with Crippen LogP contribution in [0.2, 0.25) is 0 Å². The maximum Gasteiger partial charge on any atom is 0.301 e. The molecular weight excluding hydrogens is 190 g/mol. The van der Waals surface area contributed by atoms with Crippen LogP contribution in [0, 0.1) is 6.92 Å². The van der Waals surface area contributed by atoms with Crippen LogP contribution in [0.4, 0.5) is 8.78 Å². The van der Waals surface area contributed by atoms with Gasteiger partial charge in [-0.05, 0) is 22.4 Å². The molecule has 9 heavy (non-hydrogen) atoms. The van der Waals surface area contributed by atoms with Gasteiger partial charge < -0.3 is 0 Å². The minimum Gasteiger partial charge on any atom is -0.194 e. The Bertz CT molecular complexity index is 67.9. The lowest BCUT2D eigenvalue weighted by Crippen LogP contribution is -2.03. The average Bonchev–Trinajstić information content (AvgIpc) is 1.63. The molecule has 0 N–H and O–H groups in total. The molecule has 0 aromatic rings. The molecule has 0 atom stereocenters. The minimum absolute atomic E-state index is 0.0808. The number of hydrogen-bond donors (Lipinski definition) is 0. The Balaban J connectivity index is 3.07. The summed E-state index contributed by atoms with van der Waals surface area (Å²) in [5, 5.41) is 0. The molecule has 0 amide bonds. The molecule has 0 fully saturated rings. The van der Waals surface area contributed by atoms with E-state index in [1.165, 1.54) is 0 Å². The van der Waals surface area contributed by atoms with Crippen molar-refractivity contribution in [2.24, 2.45) is 0 Å². The molecule has 0 unspecified atom stereocenters. The van der Waals surface area contributed by atoms with Crippen molar-refractivity contribution in [3.05, 3.63) is 6.92 Å². The fraction of sp³-hybridized carbons (Fsp3) is 0.833. The SMILES string of the molecule is [CH2]CCCCC(F)(F)Br. The largest absolute Gasteiger partial charge is 0.301 e.